The SMILES string of the molecule is c1cn2c3nc(c2cn1)C3. The molecule has 0 aliphatic carbocycles. The third-order valence-electron chi connectivity index (χ3n) is 1.92. The Kier molecular flexibility index (Phi) is 0.537. The molecule has 4 rings (SSSR count). The normalized spacial score (nSPS) is 13.6. The second-order valence-electron chi connectivity index (χ2n) is 2.48. The summed E-state index contributed by atoms with van der Waals surface area (Å²) in [5.41, 5.74) is 2.35. The van der Waals surface area contributed by atoms with E-state index in [1.54, 1.807) is 6.20 Å². The van der Waals surface area contributed by atoms with Crippen molar-refractivity contribution in [1.82, 2.24) is 14.4 Å². The molecule has 0 spiro atoms. The Morgan fingerprint density at radius 3 is 3.20 bits per heavy atom. The summed E-state index contributed by atoms with van der Waals surface area (Å²) in [4.78, 5) is 8.28. The third kappa shape index (κ3) is 0.319. The maximum absolute atomic E-state index is 4.26. The first-order chi connectivity index (χ1) is 4.95. The van der Waals surface area contributed by atoms with Crippen LogP contribution in [0.25, 0.3) is 5.52 Å². The smallest absolute Gasteiger partial charge is 0.119 e. The van der Waals surface area contributed by atoms with Gasteiger partial charge in [0.1, 0.15) is 5.82 Å². The molecule has 0 N–H and O–H groups in total. The molecule has 2 aliphatic heterocycles. The van der Waals surface area contributed by atoms with Gasteiger partial charge in [0.15, 0.2) is 0 Å². The van der Waals surface area contributed by atoms with Gasteiger partial charge in [-0.15, -0.1) is 0 Å². The highest BCUT2D eigenvalue weighted by Crippen LogP contribution is 2.23. The van der Waals surface area contributed by atoms with Gasteiger partial charge in [-0.1, -0.05) is 0 Å². The molecular weight excluding hydrogens is 126 g/mol. The summed E-state index contributed by atoms with van der Waals surface area (Å²) in [5, 5.41) is 0. The van der Waals surface area contributed by atoms with Crippen molar-refractivity contribution in [2.45, 2.75) is 6.42 Å². The summed E-state index contributed by atoms with van der Waals surface area (Å²) in [5.74, 6) is 1.16. The second kappa shape index (κ2) is 1.21. The number of rotatable bonds is 0. The predicted molar refractivity (Wildman–Crippen MR) is 35.8 cm³/mol. The van der Waals surface area contributed by atoms with Crippen molar-refractivity contribution in [3.05, 3.63) is 30.1 Å². The summed E-state index contributed by atoms with van der Waals surface area (Å²) in [6.07, 6.45) is 6.63. The van der Waals surface area contributed by atoms with Crippen LogP contribution in [0.4, 0.5) is 0 Å². The van der Waals surface area contributed by atoms with E-state index < -0.39 is 0 Å². The van der Waals surface area contributed by atoms with Crippen LogP contribution in [0.5, 0.6) is 0 Å². The molecule has 2 bridgehead atoms. The van der Waals surface area contributed by atoms with E-state index in [4.69, 9.17) is 0 Å². The molecule has 2 aromatic heterocycles. The number of nitrogens with zero attached hydrogens (tertiary/aromatic N) is 3. The fourth-order valence-electron chi connectivity index (χ4n) is 1.38. The van der Waals surface area contributed by atoms with E-state index in [0.717, 1.165) is 17.8 Å². The molecule has 0 atom stereocenters. The molecule has 0 saturated heterocycles. The van der Waals surface area contributed by atoms with Crippen LogP contribution in [-0.2, 0) is 6.42 Å². The summed E-state index contributed by atoms with van der Waals surface area (Å²) in [6.45, 7) is 0. The van der Waals surface area contributed by atoms with Gasteiger partial charge in [0.05, 0.1) is 23.8 Å². The lowest BCUT2D eigenvalue weighted by molar-refractivity contribution is 0.880. The van der Waals surface area contributed by atoms with Crippen LogP contribution in [-0.4, -0.2) is 14.4 Å². The van der Waals surface area contributed by atoms with Gasteiger partial charge in [-0.05, 0) is 0 Å². The van der Waals surface area contributed by atoms with Crippen LogP contribution in [0.15, 0.2) is 18.6 Å². The molecule has 10 heavy (non-hydrogen) atoms. The molecule has 0 saturated carbocycles. The zero-order valence-electron chi connectivity index (χ0n) is 5.28. The van der Waals surface area contributed by atoms with Crippen molar-refractivity contribution in [1.29, 1.82) is 0 Å². The van der Waals surface area contributed by atoms with Gasteiger partial charge >= 0.3 is 0 Å². The molecule has 0 radical (unpaired) electrons. The number of hydrogen-bond donors (Lipinski definition) is 0. The van der Waals surface area contributed by atoms with Gasteiger partial charge in [0.2, 0.25) is 0 Å². The van der Waals surface area contributed by atoms with E-state index in [-0.39, 0.29) is 0 Å². The lowest BCUT2D eigenvalue weighted by Crippen LogP contribution is -1.99. The molecule has 0 unspecified atom stereocenters. The summed E-state index contributed by atoms with van der Waals surface area (Å²) in [6, 6.07) is 0. The van der Waals surface area contributed by atoms with E-state index in [2.05, 4.69) is 14.4 Å². The largest absolute Gasteiger partial charge is 0.300 e. The van der Waals surface area contributed by atoms with E-state index in [1.165, 1.54) is 5.69 Å². The zero-order chi connectivity index (χ0) is 6.55. The van der Waals surface area contributed by atoms with Gasteiger partial charge in [0.25, 0.3) is 0 Å². The highest BCUT2D eigenvalue weighted by atomic mass is 15.1. The van der Waals surface area contributed by atoms with E-state index in [1.807, 2.05) is 12.4 Å². The summed E-state index contributed by atoms with van der Waals surface area (Å²) in [7, 11) is 0. The first kappa shape index (κ1) is 4.44. The van der Waals surface area contributed by atoms with Crippen LogP contribution < -0.4 is 0 Å². The minimum atomic E-state index is 1.03. The second-order valence-corrected chi connectivity index (χ2v) is 2.48. The first-order valence-corrected chi connectivity index (χ1v) is 3.25. The lowest BCUT2D eigenvalue weighted by atomic mass is 10.2. The molecule has 0 fully saturated rings. The summed E-state index contributed by atoms with van der Waals surface area (Å²) < 4.78 is 2.09. The van der Waals surface area contributed by atoms with E-state index in [9.17, 15) is 0 Å². The summed E-state index contributed by atoms with van der Waals surface area (Å²) >= 11 is 0. The van der Waals surface area contributed by atoms with Gasteiger partial charge in [-0.25, -0.2) is 4.98 Å². The molecule has 2 aromatic rings. The van der Waals surface area contributed by atoms with Crippen molar-refractivity contribution in [2.75, 3.05) is 0 Å². The minimum absolute atomic E-state index is 1.03. The van der Waals surface area contributed by atoms with Crippen molar-refractivity contribution < 1.29 is 0 Å². The highest BCUT2D eigenvalue weighted by molar-refractivity contribution is 5.57. The Hall–Kier alpha value is -1.38. The average molecular weight is 131 g/mol. The zero-order valence-corrected chi connectivity index (χ0v) is 5.28. The van der Waals surface area contributed by atoms with Gasteiger partial charge in [-0.3, -0.25) is 4.98 Å². The van der Waals surface area contributed by atoms with E-state index in [0.29, 0.717) is 0 Å². The topological polar surface area (TPSA) is 30.2 Å². The molecule has 48 valence electrons. The quantitative estimate of drug-likeness (QED) is 0.448. The Balaban J connectivity index is 2.67. The van der Waals surface area contributed by atoms with Crippen LogP contribution in [0, 0.1) is 0 Å². The average Bonchev–Trinajstić information content (AvgIpc) is 2.36. The monoisotopic (exact) mass is 131 g/mol. The van der Waals surface area contributed by atoms with Crippen molar-refractivity contribution >= 4 is 5.52 Å². The van der Waals surface area contributed by atoms with Crippen molar-refractivity contribution in [3.8, 4) is 0 Å². The molecule has 0 amide bonds. The Morgan fingerprint density at radius 2 is 2.40 bits per heavy atom. The van der Waals surface area contributed by atoms with Crippen LogP contribution in [0.3, 0.4) is 0 Å². The Morgan fingerprint density at radius 1 is 1.50 bits per heavy atom. The van der Waals surface area contributed by atoms with Gasteiger partial charge in [0, 0.05) is 12.4 Å². The third-order valence-corrected chi connectivity index (χ3v) is 1.92. The number of hydrogen-bond acceptors (Lipinski definition) is 2. The Labute approximate surface area is 57.3 Å². The lowest BCUT2D eigenvalue weighted by Gasteiger charge is -1.97. The van der Waals surface area contributed by atoms with Crippen LogP contribution >= 0.6 is 0 Å². The Bertz CT molecular complexity index is 366. The van der Waals surface area contributed by atoms with E-state index >= 15 is 0 Å². The minimum Gasteiger partial charge on any atom is -0.300 e. The van der Waals surface area contributed by atoms with Crippen LogP contribution in [0.1, 0.15) is 11.5 Å². The fraction of sp³-hybridized carbons (Fsp3) is 0.143. The fourth-order valence-corrected chi connectivity index (χ4v) is 1.38. The molecule has 2 aliphatic rings. The molecular formula is C7H5N3. The molecule has 4 heterocycles. The maximum atomic E-state index is 4.26. The van der Waals surface area contributed by atoms with Gasteiger partial charge in [-0.2, -0.15) is 0 Å². The highest BCUT2D eigenvalue weighted by Gasteiger charge is 2.20. The standard InChI is InChI=1S/C7H5N3/c1-2-10-6(4-8-1)5-3-7(10)9-5/h1-2,4H,3H2. The van der Waals surface area contributed by atoms with Crippen molar-refractivity contribution in [3.63, 3.8) is 0 Å². The van der Waals surface area contributed by atoms with Gasteiger partial charge < -0.3 is 4.40 Å². The molecule has 3 nitrogen and oxygen atoms in total. The van der Waals surface area contributed by atoms with Crippen molar-refractivity contribution in [2.24, 2.45) is 0 Å². The predicted octanol–water partition coefficient (Wildman–Crippen LogP) is 0.633. The molecule has 3 heteroatoms. The number of aromatic nitrogens is 3. The number of imidazole rings is 1. The first-order valence-electron chi connectivity index (χ1n) is 3.25. The molecule has 0 aromatic carbocycles. The maximum Gasteiger partial charge on any atom is 0.119 e. The van der Waals surface area contributed by atoms with Crippen LogP contribution in [0.2, 0.25) is 0 Å².